The van der Waals surface area contributed by atoms with Crippen LogP contribution in [-0.2, 0) is 6.54 Å². The van der Waals surface area contributed by atoms with Crippen LogP contribution in [0.25, 0.3) is 10.6 Å². The largest absolute Gasteiger partial charge is 0.384 e. The summed E-state index contributed by atoms with van der Waals surface area (Å²) in [5.74, 6) is 0.698. The molecular weight excluding hydrogens is 254 g/mol. The lowest BCUT2D eigenvalue weighted by atomic mass is 10.1. The zero-order chi connectivity index (χ0) is 13.2. The predicted octanol–water partition coefficient (Wildman–Crippen LogP) is 3.55. The predicted molar refractivity (Wildman–Crippen MR) is 80.2 cm³/mol. The molecule has 0 radical (unpaired) electrons. The van der Waals surface area contributed by atoms with Gasteiger partial charge in [0.2, 0.25) is 0 Å². The summed E-state index contributed by atoms with van der Waals surface area (Å²) in [6.07, 6.45) is 0. The van der Waals surface area contributed by atoms with E-state index in [0.29, 0.717) is 12.4 Å². The second-order valence-corrected chi connectivity index (χ2v) is 5.52. The number of benzene rings is 1. The summed E-state index contributed by atoms with van der Waals surface area (Å²) in [6.45, 7) is 2.79. The van der Waals surface area contributed by atoms with Crippen LogP contribution in [0.1, 0.15) is 11.1 Å². The number of aryl methyl sites for hydroxylation is 1. The average Bonchev–Trinajstić information content (AvgIpc) is 3.03. The summed E-state index contributed by atoms with van der Waals surface area (Å²) >= 11 is 1.67. The monoisotopic (exact) mass is 269 g/mol. The van der Waals surface area contributed by atoms with Crippen LogP contribution in [0.2, 0.25) is 0 Å². The van der Waals surface area contributed by atoms with Gasteiger partial charge in [0.15, 0.2) is 0 Å². The molecule has 0 fully saturated rings. The average molecular weight is 269 g/mol. The summed E-state index contributed by atoms with van der Waals surface area (Å²) in [5.41, 5.74) is 9.44. The normalized spacial score (nSPS) is 10.8. The lowest BCUT2D eigenvalue weighted by Crippen LogP contribution is -2.05. The first-order valence-electron chi connectivity index (χ1n) is 6.15. The topological polar surface area (TPSA) is 43.8 Å². The number of rotatable bonds is 3. The van der Waals surface area contributed by atoms with E-state index < -0.39 is 0 Å². The minimum absolute atomic E-state index is 0.698. The van der Waals surface area contributed by atoms with Gasteiger partial charge in [0.1, 0.15) is 11.5 Å². The van der Waals surface area contributed by atoms with Gasteiger partial charge in [-0.3, -0.25) is 0 Å². The number of nitrogens with zero attached hydrogens (tertiary/aromatic N) is 2. The molecule has 0 saturated carbocycles. The second kappa shape index (κ2) is 4.90. The van der Waals surface area contributed by atoms with Gasteiger partial charge in [-0.2, -0.15) is 5.10 Å². The first-order chi connectivity index (χ1) is 9.22. The van der Waals surface area contributed by atoms with E-state index >= 15 is 0 Å². The summed E-state index contributed by atoms with van der Waals surface area (Å²) in [4.78, 5) is 1.15. The Kier molecular flexibility index (Phi) is 3.09. The molecule has 0 saturated heterocycles. The first kappa shape index (κ1) is 12.0. The van der Waals surface area contributed by atoms with Crippen molar-refractivity contribution in [2.45, 2.75) is 13.5 Å². The van der Waals surface area contributed by atoms with Crippen LogP contribution < -0.4 is 5.73 Å². The number of hydrogen-bond acceptors (Lipinski definition) is 3. The van der Waals surface area contributed by atoms with Gasteiger partial charge in [0.05, 0.1) is 11.4 Å². The van der Waals surface area contributed by atoms with Crippen LogP contribution in [0, 0.1) is 6.92 Å². The molecule has 19 heavy (non-hydrogen) atoms. The summed E-state index contributed by atoms with van der Waals surface area (Å²) in [6, 6.07) is 14.4. The van der Waals surface area contributed by atoms with Crippen LogP contribution in [-0.4, -0.2) is 9.78 Å². The lowest BCUT2D eigenvalue weighted by Gasteiger charge is -2.04. The highest BCUT2D eigenvalue weighted by molar-refractivity contribution is 7.13. The molecule has 4 heteroatoms. The van der Waals surface area contributed by atoms with E-state index in [1.165, 1.54) is 11.1 Å². The van der Waals surface area contributed by atoms with Crippen molar-refractivity contribution in [3.05, 3.63) is 59.0 Å². The van der Waals surface area contributed by atoms with Crippen molar-refractivity contribution in [1.29, 1.82) is 0 Å². The molecule has 0 unspecified atom stereocenters. The highest BCUT2D eigenvalue weighted by atomic mass is 32.1. The van der Waals surface area contributed by atoms with Crippen LogP contribution in [0.5, 0.6) is 0 Å². The Balaban J connectivity index is 1.87. The fraction of sp³-hybridized carbons (Fsp3) is 0.133. The van der Waals surface area contributed by atoms with Crippen LogP contribution >= 0.6 is 11.3 Å². The van der Waals surface area contributed by atoms with Gasteiger partial charge in [-0.05, 0) is 23.9 Å². The maximum atomic E-state index is 6.03. The van der Waals surface area contributed by atoms with Crippen molar-refractivity contribution in [3.8, 4) is 10.6 Å². The molecule has 2 N–H and O–H groups in total. The molecule has 0 atom stereocenters. The molecule has 3 rings (SSSR count). The van der Waals surface area contributed by atoms with Gasteiger partial charge < -0.3 is 5.73 Å². The van der Waals surface area contributed by atoms with Crippen molar-refractivity contribution >= 4 is 17.2 Å². The molecule has 2 aromatic heterocycles. The van der Waals surface area contributed by atoms with Crippen molar-refractivity contribution in [2.24, 2.45) is 0 Å². The standard InChI is InChI=1S/C15H15N3S/c1-11-4-6-12(7-5-11)10-18-15(16)9-13(17-18)14-3-2-8-19-14/h2-9H,10,16H2,1H3. The third-order valence-electron chi connectivity index (χ3n) is 3.04. The summed E-state index contributed by atoms with van der Waals surface area (Å²) in [5, 5.41) is 6.62. The molecule has 3 aromatic rings. The van der Waals surface area contributed by atoms with Crippen LogP contribution in [0.3, 0.4) is 0 Å². The van der Waals surface area contributed by atoms with Crippen LogP contribution in [0.4, 0.5) is 5.82 Å². The fourth-order valence-corrected chi connectivity index (χ4v) is 2.65. The molecule has 0 amide bonds. The summed E-state index contributed by atoms with van der Waals surface area (Å²) in [7, 11) is 0. The van der Waals surface area contributed by atoms with E-state index in [4.69, 9.17) is 5.73 Å². The number of aromatic nitrogens is 2. The van der Waals surface area contributed by atoms with Gasteiger partial charge in [-0.15, -0.1) is 11.3 Å². The minimum atomic E-state index is 0.698. The van der Waals surface area contributed by atoms with E-state index in [0.717, 1.165) is 10.6 Å². The van der Waals surface area contributed by atoms with E-state index in [-0.39, 0.29) is 0 Å². The number of nitrogens with two attached hydrogens (primary N) is 1. The van der Waals surface area contributed by atoms with E-state index in [9.17, 15) is 0 Å². The third kappa shape index (κ3) is 2.53. The van der Waals surface area contributed by atoms with E-state index in [2.05, 4.69) is 42.4 Å². The third-order valence-corrected chi connectivity index (χ3v) is 3.93. The van der Waals surface area contributed by atoms with Gasteiger partial charge in [-0.1, -0.05) is 35.9 Å². The van der Waals surface area contributed by atoms with Gasteiger partial charge in [0, 0.05) is 6.07 Å². The van der Waals surface area contributed by atoms with Crippen molar-refractivity contribution in [3.63, 3.8) is 0 Å². The number of thiophene rings is 1. The van der Waals surface area contributed by atoms with E-state index in [1.807, 2.05) is 22.2 Å². The molecule has 96 valence electrons. The zero-order valence-electron chi connectivity index (χ0n) is 10.7. The lowest BCUT2D eigenvalue weighted by molar-refractivity contribution is 0.700. The quantitative estimate of drug-likeness (QED) is 0.790. The maximum absolute atomic E-state index is 6.03. The number of hydrogen-bond donors (Lipinski definition) is 1. The van der Waals surface area contributed by atoms with Crippen molar-refractivity contribution < 1.29 is 0 Å². The van der Waals surface area contributed by atoms with Crippen molar-refractivity contribution in [2.75, 3.05) is 5.73 Å². The molecule has 0 spiro atoms. The number of nitrogen functional groups attached to an aromatic ring is 1. The Morgan fingerprint density at radius 3 is 2.68 bits per heavy atom. The molecule has 0 aliphatic carbocycles. The minimum Gasteiger partial charge on any atom is -0.384 e. The molecule has 2 heterocycles. The SMILES string of the molecule is Cc1ccc(Cn2nc(-c3cccs3)cc2N)cc1. The molecule has 3 nitrogen and oxygen atoms in total. The second-order valence-electron chi connectivity index (χ2n) is 4.57. The van der Waals surface area contributed by atoms with Gasteiger partial charge >= 0.3 is 0 Å². The summed E-state index contributed by atoms with van der Waals surface area (Å²) < 4.78 is 1.85. The number of anilines is 1. The maximum Gasteiger partial charge on any atom is 0.122 e. The van der Waals surface area contributed by atoms with Gasteiger partial charge in [0.25, 0.3) is 0 Å². The zero-order valence-corrected chi connectivity index (χ0v) is 11.5. The Labute approximate surface area is 116 Å². The molecule has 0 bridgehead atoms. The molecule has 0 aliphatic heterocycles. The Bertz CT molecular complexity index is 666. The molecule has 1 aromatic carbocycles. The fourth-order valence-electron chi connectivity index (χ4n) is 1.97. The molecular formula is C15H15N3S. The Morgan fingerprint density at radius 1 is 1.21 bits per heavy atom. The molecule has 0 aliphatic rings. The van der Waals surface area contributed by atoms with Crippen molar-refractivity contribution in [1.82, 2.24) is 9.78 Å². The highest BCUT2D eigenvalue weighted by Gasteiger charge is 2.08. The first-order valence-corrected chi connectivity index (χ1v) is 7.03. The Morgan fingerprint density at radius 2 is 2.00 bits per heavy atom. The Hall–Kier alpha value is -2.07. The van der Waals surface area contributed by atoms with Crippen LogP contribution in [0.15, 0.2) is 47.8 Å². The van der Waals surface area contributed by atoms with Gasteiger partial charge in [-0.25, -0.2) is 4.68 Å². The van der Waals surface area contributed by atoms with E-state index in [1.54, 1.807) is 11.3 Å². The smallest absolute Gasteiger partial charge is 0.122 e. The highest BCUT2D eigenvalue weighted by Crippen LogP contribution is 2.25.